The number of carbonyl (C=O) groups is 1. The molecule has 0 aromatic heterocycles. The lowest BCUT2D eigenvalue weighted by molar-refractivity contribution is -0.125. The summed E-state index contributed by atoms with van der Waals surface area (Å²) in [4.78, 5) is 11.8. The minimum atomic E-state index is -3.80. The first kappa shape index (κ1) is 15.7. The number of unbranched alkanes of at least 4 members (excludes halogenated alkanes) is 1. The van der Waals surface area contributed by atoms with E-state index in [-0.39, 0.29) is 18.0 Å². The van der Waals surface area contributed by atoms with Crippen molar-refractivity contribution in [2.75, 3.05) is 13.1 Å². The molecule has 0 fully saturated rings. The highest BCUT2D eigenvalue weighted by Crippen LogP contribution is 2.17. The zero-order valence-electron chi connectivity index (χ0n) is 11.3. The van der Waals surface area contributed by atoms with Crippen LogP contribution in [0, 0.1) is 6.92 Å². The SMILES string of the molecule is CCCCN(C(=O)CN)S(=O)(=O)c1ccc(C)cc1. The average molecular weight is 284 g/mol. The van der Waals surface area contributed by atoms with Crippen molar-refractivity contribution in [3.8, 4) is 0 Å². The van der Waals surface area contributed by atoms with Gasteiger partial charge in [-0.1, -0.05) is 31.0 Å². The molecule has 0 spiro atoms. The third kappa shape index (κ3) is 3.78. The van der Waals surface area contributed by atoms with Crippen LogP contribution in [-0.2, 0) is 14.8 Å². The van der Waals surface area contributed by atoms with Crippen LogP contribution in [0.1, 0.15) is 25.3 Å². The highest BCUT2D eigenvalue weighted by Gasteiger charge is 2.27. The van der Waals surface area contributed by atoms with Gasteiger partial charge in [-0.2, -0.15) is 0 Å². The zero-order chi connectivity index (χ0) is 14.5. The minimum absolute atomic E-state index is 0.121. The highest BCUT2D eigenvalue weighted by molar-refractivity contribution is 7.89. The molecule has 0 bridgehead atoms. The maximum Gasteiger partial charge on any atom is 0.266 e. The van der Waals surface area contributed by atoms with Crippen LogP contribution in [0.15, 0.2) is 29.2 Å². The number of nitrogens with zero attached hydrogens (tertiary/aromatic N) is 1. The highest BCUT2D eigenvalue weighted by atomic mass is 32.2. The number of carbonyl (C=O) groups excluding carboxylic acids is 1. The van der Waals surface area contributed by atoms with Gasteiger partial charge in [0, 0.05) is 6.54 Å². The number of aryl methyl sites for hydroxylation is 1. The van der Waals surface area contributed by atoms with Crippen LogP contribution in [-0.4, -0.2) is 31.7 Å². The monoisotopic (exact) mass is 284 g/mol. The van der Waals surface area contributed by atoms with Crippen LogP contribution in [0.3, 0.4) is 0 Å². The second-order valence-corrected chi connectivity index (χ2v) is 6.20. The number of hydrogen-bond acceptors (Lipinski definition) is 4. The Hall–Kier alpha value is -1.40. The Bertz CT molecular complexity index is 523. The van der Waals surface area contributed by atoms with Gasteiger partial charge in [0.1, 0.15) is 0 Å². The topological polar surface area (TPSA) is 80.5 Å². The Morgan fingerprint density at radius 1 is 1.26 bits per heavy atom. The Morgan fingerprint density at radius 3 is 2.32 bits per heavy atom. The molecule has 0 heterocycles. The summed E-state index contributed by atoms with van der Waals surface area (Å²) < 4.78 is 25.7. The van der Waals surface area contributed by atoms with E-state index in [0.717, 1.165) is 16.3 Å². The molecular weight excluding hydrogens is 264 g/mol. The van der Waals surface area contributed by atoms with Crippen LogP contribution < -0.4 is 5.73 Å². The molecule has 0 radical (unpaired) electrons. The predicted molar refractivity (Wildman–Crippen MR) is 74.0 cm³/mol. The number of benzene rings is 1. The minimum Gasteiger partial charge on any atom is -0.322 e. The summed E-state index contributed by atoms with van der Waals surface area (Å²) in [6.07, 6.45) is 1.43. The molecule has 1 aromatic rings. The lowest BCUT2D eigenvalue weighted by Gasteiger charge is -2.21. The number of hydrogen-bond donors (Lipinski definition) is 1. The summed E-state index contributed by atoms with van der Waals surface area (Å²) in [7, 11) is -3.80. The summed E-state index contributed by atoms with van der Waals surface area (Å²) in [5.74, 6) is -0.575. The van der Waals surface area contributed by atoms with Crippen molar-refractivity contribution in [2.45, 2.75) is 31.6 Å². The van der Waals surface area contributed by atoms with E-state index in [9.17, 15) is 13.2 Å². The Labute approximate surface area is 114 Å². The summed E-state index contributed by atoms with van der Waals surface area (Å²) in [6.45, 7) is 3.66. The van der Waals surface area contributed by atoms with E-state index in [4.69, 9.17) is 5.73 Å². The first-order valence-electron chi connectivity index (χ1n) is 6.25. The molecule has 0 unspecified atom stereocenters. The third-order valence-corrected chi connectivity index (χ3v) is 4.61. The number of amides is 1. The molecule has 6 heteroatoms. The lowest BCUT2D eigenvalue weighted by atomic mass is 10.2. The fourth-order valence-electron chi connectivity index (χ4n) is 1.62. The van der Waals surface area contributed by atoms with Crippen molar-refractivity contribution in [2.24, 2.45) is 5.73 Å². The molecule has 2 N–H and O–H groups in total. The van der Waals surface area contributed by atoms with E-state index >= 15 is 0 Å². The van der Waals surface area contributed by atoms with E-state index in [1.807, 2.05) is 13.8 Å². The van der Waals surface area contributed by atoms with Gasteiger partial charge in [-0.3, -0.25) is 4.79 Å². The molecule has 0 atom stereocenters. The maximum atomic E-state index is 12.4. The van der Waals surface area contributed by atoms with Crippen LogP contribution in [0.4, 0.5) is 0 Å². The molecular formula is C13H20N2O3S. The molecule has 0 saturated carbocycles. The molecule has 0 saturated heterocycles. The second kappa shape index (κ2) is 6.68. The first-order valence-corrected chi connectivity index (χ1v) is 7.69. The fraction of sp³-hybridized carbons (Fsp3) is 0.462. The van der Waals surface area contributed by atoms with Gasteiger partial charge in [0.2, 0.25) is 5.91 Å². The lowest BCUT2D eigenvalue weighted by Crippen LogP contribution is -2.41. The molecule has 0 aliphatic heterocycles. The van der Waals surface area contributed by atoms with E-state index in [0.29, 0.717) is 6.42 Å². The van der Waals surface area contributed by atoms with Crippen molar-refractivity contribution in [3.63, 3.8) is 0 Å². The third-order valence-electron chi connectivity index (χ3n) is 2.78. The standard InChI is InChI=1S/C13H20N2O3S/c1-3-4-9-15(13(16)10-14)19(17,18)12-7-5-11(2)6-8-12/h5-8H,3-4,9-10,14H2,1-2H3. The smallest absolute Gasteiger partial charge is 0.266 e. The largest absolute Gasteiger partial charge is 0.322 e. The maximum absolute atomic E-state index is 12.4. The van der Waals surface area contributed by atoms with Crippen molar-refractivity contribution >= 4 is 15.9 Å². The number of sulfonamides is 1. The van der Waals surface area contributed by atoms with Crippen molar-refractivity contribution in [1.29, 1.82) is 0 Å². The Morgan fingerprint density at radius 2 is 1.84 bits per heavy atom. The quantitative estimate of drug-likeness (QED) is 0.853. The predicted octanol–water partition coefficient (Wildman–Crippen LogP) is 1.27. The molecule has 1 amide bonds. The van der Waals surface area contributed by atoms with Crippen molar-refractivity contribution in [3.05, 3.63) is 29.8 Å². The van der Waals surface area contributed by atoms with Gasteiger partial charge in [0.25, 0.3) is 10.0 Å². The molecule has 5 nitrogen and oxygen atoms in total. The van der Waals surface area contributed by atoms with E-state index in [2.05, 4.69) is 0 Å². The van der Waals surface area contributed by atoms with E-state index < -0.39 is 15.9 Å². The van der Waals surface area contributed by atoms with E-state index in [1.54, 1.807) is 12.1 Å². The van der Waals surface area contributed by atoms with E-state index in [1.165, 1.54) is 12.1 Å². The number of nitrogens with two attached hydrogens (primary N) is 1. The normalized spacial score (nSPS) is 11.3. The summed E-state index contributed by atoms with van der Waals surface area (Å²) in [6, 6.07) is 6.43. The van der Waals surface area contributed by atoms with Crippen LogP contribution >= 0.6 is 0 Å². The molecule has 0 aliphatic carbocycles. The summed E-state index contributed by atoms with van der Waals surface area (Å²) in [5, 5.41) is 0. The summed E-state index contributed by atoms with van der Waals surface area (Å²) in [5.41, 5.74) is 6.25. The van der Waals surface area contributed by atoms with Crippen molar-refractivity contribution in [1.82, 2.24) is 4.31 Å². The van der Waals surface area contributed by atoms with Crippen LogP contribution in [0.2, 0.25) is 0 Å². The number of rotatable bonds is 6. The molecule has 1 rings (SSSR count). The van der Waals surface area contributed by atoms with Gasteiger partial charge in [0.15, 0.2) is 0 Å². The second-order valence-electron chi connectivity index (χ2n) is 4.34. The molecule has 0 aliphatic rings. The first-order chi connectivity index (χ1) is 8.93. The van der Waals surface area contributed by atoms with Gasteiger partial charge < -0.3 is 5.73 Å². The average Bonchev–Trinajstić information content (AvgIpc) is 2.39. The van der Waals surface area contributed by atoms with Gasteiger partial charge >= 0.3 is 0 Å². The molecule has 106 valence electrons. The van der Waals surface area contributed by atoms with Crippen LogP contribution in [0.25, 0.3) is 0 Å². The van der Waals surface area contributed by atoms with Gasteiger partial charge in [-0.15, -0.1) is 0 Å². The van der Waals surface area contributed by atoms with Gasteiger partial charge in [0.05, 0.1) is 11.4 Å². The zero-order valence-corrected chi connectivity index (χ0v) is 12.1. The molecule has 1 aromatic carbocycles. The van der Waals surface area contributed by atoms with Gasteiger partial charge in [-0.05, 0) is 25.5 Å². The Kier molecular flexibility index (Phi) is 5.50. The van der Waals surface area contributed by atoms with Crippen LogP contribution in [0.5, 0.6) is 0 Å². The van der Waals surface area contributed by atoms with Gasteiger partial charge in [-0.25, -0.2) is 12.7 Å². The molecule has 19 heavy (non-hydrogen) atoms. The Balaban J connectivity index is 3.11. The summed E-state index contributed by atoms with van der Waals surface area (Å²) >= 11 is 0. The van der Waals surface area contributed by atoms with Crippen molar-refractivity contribution < 1.29 is 13.2 Å². The fourth-order valence-corrected chi connectivity index (χ4v) is 3.07.